The molecule has 0 N–H and O–H groups in total. The zero-order chi connectivity index (χ0) is 41.6. The summed E-state index contributed by atoms with van der Waals surface area (Å²) in [5.74, 6) is 0. The zero-order valence-corrected chi connectivity index (χ0v) is 27.2. The summed E-state index contributed by atoms with van der Waals surface area (Å²) in [7, 11) is 0. The van der Waals surface area contributed by atoms with Crippen LogP contribution in [0.15, 0.2) is 198 Å². The maximum atomic E-state index is 9.48. The molecule has 51 heavy (non-hydrogen) atoms. The van der Waals surface area contributed by atoms with Crippen molar-refractivity contribution < 1.29 is 16.8 Å². The Kier molecular flexibility index (Phi) is 5.04. The summed E-state index contributed by atoms with van der Waals surface area (Å²) in [6.07, 6.45) is 0. The van der Waals surface area contributed by atoms with Crippen molar-refractivity contribution in [2.75, 3.05) is 0 Å². The molecule has 0 spiro atoms. The van der Waals surface area contributed by atoms with E-state index in [1.807, 2.05) is 127 Å². The van der Waals surface area contributed by atoms with Crippen LogP contribution in [-0.4, -0.2) is 0 Å². The largest absolute Gasteiger partial charge is 0.456 e. The first-order valence-electron chi connectivity index (χ1n) is 21.3. The summed E-state index contributed by atoms with van der Waals surface area (Å²) in [5, 5.41) is 4.62. The normalized spacial score (nSPS) is 14.0. The minimum Gasteiger partial charge on any atom is -0.456 e. The minimum absolute atomic E-state index is 0.102. The molecule has 1 heteroatoms. The van der Waals surface area contributed by atoms with Gasteiger partial charge in [-0.3, -0.25) is 0 Å². The van der Waals surface area contributed by atoms with Gasteiger partial charge in [0.05, 0.1) is 12.3 Å². The Hall–Kier alpha value is -6.70. The van der Waals surface area contributed by atoms with Gasteiger partial charge in [-0.25, -0.2) is 0 Å². The van der Waals surface area contributed by atoms with Gasteiger partial charge in [0.1, 0.15) is 11.2 Å². The molecule has 10 aromatic rings. The van der Waals surface area contributed by atoms with Crippen LogP contribution in [0.25, 0.3) is 99.1 Å². The molecule has 1 aromatic heterocycles. The number of fused-ring (bicyclic) bond motifs is 5. The maximum Gasteiger partial charge on any atom is 0.136 e. The summed E-state index contributed by atoms with van der Waals surface area (Å²) in [4.78, 5) is 0. The third-order valence-electron chi connectivity index (χ3n) is 9.64. The number of benzene rings is 9. The Labute approximate surface area is 309 Å². The van der Waals surface area contributed by atoms with E-state index in [0.717, 1.165) is 49.2 Å². The predicted molar refractivity (Wildman–Crippen MR) is 216 cm³/mol. The SMILES string of the molecule is [2H]c1c([2H])c([2H])c(-c2ccc3oc4cccc(-c5c6ccccc6c(-c6c([2H])c([2H])c(-c7ccc(-c8ccccc8)cc7)c([2H])c6[2H])c6ccccc56)c4c3c2)c([2H])c1[2H]. The van der Waals surface area contributed by atoms with Gasteiger partial charge in [-0.1, -0.05) is 176 Å². The predicted octanol–water partition coefficient (Wildman–Crippen LogP) is 14.2. The van der Waals surface area contributed by atoms with E-state index in [2.05, 4.69) is 0 Å². The molecule has 0 unspecified atom stereocenters. The number of furan rings is 1. The molecule has 0 atom stereocenters. The zero-order valence-electron chi connectivity index (χ0n) is 36.2. The Balaban J connectivity index is 1.21. The van der Waals surface area contributed by atoms with Gasteiger partial charge < -0.3 is 4.42 Å². The number of rotatable bonds is 5. The van der Waals surface area contributed by atoms with E-state index < -0.39 is 18.1 Å². The molecule has 10 rings (SSSR count). The molecule has 1 nitrogen and oxygen atoms in total. The van der Waals surface area contributed by atoms with E-state index in [4.69, 9.17) is 11.3 Å². The van der Waals surface area contributed by atoms with E-state index in [1.54, 1.807) is 12.1 Å². The van der Waals surface area contributed by atoms with E-state index in [9.17, 15) is 5.48 Å². The number of hydrogen-bond donors (Lipinski definition) is 0. The van der Waals surface area contributed by atoms with Crippen molar-refractivity contribution in [3.8, 4) is 55.6 Å². The Morgan fingerprint density at radius 3 is 1.53 bits per heavy atom. The topological polar surface area (TPSA) is 13.1 Å². The van der Waals surface area contributed by atoms with Crippen molar-refractivity contribution in [1.29, 1.82) is 0 Å². The molecule has 0 aliphatic rings. The maximum absolute atomic E-state index is 9.48. The average Bonchev–Trinajstić information content (AvgIpc) is 3.66. The van der Waals surface area contributed by atoms with E-state index in [-0.39, 0.29) is 52.9 Å². The highest BCUT2D eigenvalue weighted by atomic mass is 16.3. The molecule has 0 amide bonds. The lowest BCUT2D eigenvalue weighted by Gasteiger charge is -2.18. The van der Waals surface area contributed by atoms with Crippen molar-refractivity contribution in [3.05, 3.63) is 194 Å². The summed E-state index contributed by atoms with van der Waals surface area (Å²) in [6.45, 7) is 0. The van der Waals surface area contributed by atoms with Crippen LogP contribution in [0.5, 0.6) is 0 Å². The lowest BCUT2D eigenvalue weighted by molar-refractivity contribution is 0.669. The van der Waals surface area contributed by atoms with E-state index in [1.165, 1.54) is 0 Å². The molecule has 0 saturated heterocycles. The van der Waals surface area contributed by atoms with Crippen molar-refractivity contribution >= 4 is 43.5 Å². The van der Waals surface area contributed by atoms with Gasteiger partial charge in [-0.2, -0.15) is 0 Å². The van der Waals surface area contributed by atoms with Crippen molar-refractivity contribution in [1.82, 2.24) is 0 Å². The van der Waals surface area contributed by atoms with Crippen molar-refractivity contribution in [2.24, 2.45) is 0 Å². The fourth-order valence-corrected chi connectivity index (χ4v) is 7.31. The third-order valence-corrected chi connectivity index (χ3v) is 9.64. The molecule has 0 aliphatic heterocycles. The molecule has 0 saturated carbocycles. The lowest BCUT2D eigenvalue weighted by atomic mass is 9.84. The smallest absolute Gasteiger partial charge is 0.136 e. The first-order valence-corrected chi connectivity index (χ1v) is 16.8. The van der Waals surface area contributed by atoms with Crippen LogP contribution in [0.3, 0.4) is 0 Å². The van der Waals surface area contributed by atoms with Gasteiger partial charge in [0.2, 0.25) is 0 Å². The standard InChI is InChI=1S/C50H32O/c1-3-12-33(13-4-1)35-22-24-36(25-23-35)37-26-28-38(29-27-37)48-40-16-7-9-18-42(40)49(43-19-10-8-17-41(43)48)44-20-11-21-47-50(44)45-32-39(30-31-46(45)51-47)34-14-5-2-6-15-34/h1-32H/i2D,5D,6D,14D,15D,26D,27D,28D,29D. The highest BCUT2D eigenvalue weighted by molar-refractivity contribution is 6.25. The van der Waals surface area contributed by atoms with Gasteiger partial charge in [0.15, 0.2) is 0 Å². The molecule has 238 valence electrons. The molecule has 9 aromatic carbocycles. The first kappa shape index (κ1) is 21.4. The van der Waals surface area contributed by atoms with E-state index in [0.29, 0.717) is 33.2 Å². The second kappa shape index (κ2) is 12.0. The van der Waals surface area contributed by atoms with Gasteiger partial charge in [0.25, 0.3) is 0 Å². The fourth-order valence-electron chi connectivity index (χ4n) is 7.31. The third kappa shape index (κ3) is 4.94. The molecule has 0 fully saturated rings. The second-order valence-corrected chi connectivity index (χ2v) is 12.5. The Morgan fingerprint density at radius 2 is 0.863 bits per heavy atom. The molecule has 1 heterocycles. The Morgan fingerprint density at radius 1 is 0.333 bits per heavy atom. The lowest BCUT2D eigenvalue weighted by Crippen LogP contribution is -1.91. The molecular weight excluding hydrogens is 617 g/mol. The number of hydrogen-bond acceptors (Lipinski definition) is 1. The van der Waals surface area contributed by atoms with Crippen LogP contribution in [-0.2, 0) is 0 Å². The van der Waals surface area contributed by atoms with Crippen LogP contribution < -0.4 is 0 Å². The monoisotopic (exact) mass is 657 g/mol. The summed E-state index contributed by atoms with van der Waals surface area (Å²) in [5.41, 5.74) is 7.10. The highest BCUT2D eigenvalue weighted by Gasteiger charge is 2.20. The highest BCUT2D eigenvalue weighted by Crippen LogP contribution is 2.47. The van der Waals surface area contributed by atoms with Crippen LogP contribution >= 0.6 is 0 Å². The van der Waals surface area contributed by atoms with Crippen molar-refractivity contribution in [3.63, 3.8) is 0 Å². The first-order chi connectivity index (χ1) is 29.0. The summed E-state index contributed by atoms with van der Waals surface area (Å²) < 4.78 is 86.0. The Bertz CT molecular complexity index is 3290. The fraction of sp³-hybridized carbons (Fsp3) is 0. The second-order valence-electron chi connectivity index (χ2n) is 12.5. The van der Waals surface area contributed by atoms with E-state index >= 15 is 0 Å². The van der Waals surface area contributed by atoms with Crippen LogP contribution in [0.2, 0.25) is 0 Å². The summed E-state index contributed by atoms with van der Waals surface area (Å²) >= 11 is 0. The van der Waals surface area contributed by atoms with Crippen LogP contribution in [0, 0.1) is 0 Å². The average molecular weight is 658 g/mol. The molecule has 0 aliphatic carbocycles. The minimum atomic E-state index is -0.453. The van der Waals surface area contributed by atoms with Gasteiger partial charge >= 0.3 is 0 Å². The van der Waals surface area contributed by atoms with Gasteiger partial charge in [-0.05, 0) is 95.4 Å². The van der Waals surface area contributed by atoms with Gasteiger partial charge in [0, 0.05) is 10.8 Å². The van der Waals surface area contributed by atoms with Crippen molar-refractivity contribution in [2.45, 2.75) is 0 Å². The van der Waals surface area contributed by atoms with Gasteiger partial charge in [-0.15, -0.1) is 0 Å². The van der Waals surface area contributed by atoms with Crippen LogP contribution in [0.4, 0.5) is 0 Å². The molecule has 0 bridgehead atoms. The molecule has 0 radical (unpaired) electrons. The quantitative estimate of drug-likeness (QED) is 0.168. The molecular formula is C50H32O. The summed E-state index contributed by atoms with van der Waals surface area (Å²) in [6, 6.07) is 41.8. The van der Waals surface area contributed by atoms with Crippen LogP contribution in [0.1, 0.15) is 12.3 Å².